The quantitative estimate of drug-likeness (QED) is 0.410. The standard InChI is InChI=1S/C16H30O3/c1-3-4-5-6-7-8-9-10-11-15(17)13-12-14(2)16(18)19/h12,15,17H,3-11,13H2,1-2H3,(H,18,19). The monoisotopic (exact) mass is 270 g/mol. The van der Waals surface area contributed by atoms with Crippen molar-refractivity contribution in [2.24, 2.45) is 0 Å². The summed E-state index contributed by atoms with van der Waals surface area (Å²) in [6.07, 6.45) is 12.5. The number of unbranched alkanes of at least 4 members (excludes halogenated alkanes) is 7. The van der Waals surface area contributed by atoms with Crippen molar-refractivity contribution in [1.29, 1.82) is 0 Å². The van der Waals surface area contributed by atoms with Crippen LogP contribution in [0.15, 0.2) is 11.6 Å². The topological polar surface area (TPSA) is 57.5 Å². The lowest BCUT2D eigenvalue weighted by Gasteiger charge is -2.08. The molecule has 0 saturated heterocycles. The molecule has 0 radical (unpaired) electrons. The van der Waals surface area contributed by atoms with Crippen LogP contribution in [-0.2, 0) is 4.79 Å². The van der Waals surface area contributed by atoms with Gasteiger partial charge in [0.2, 0.25) is 0 Å². The van der Waals surface area contributed by atoms with Gasteiger partial charge in [0, 0.05) is 5.57 Å². The molecular weight excluding hydrogens is 240 g/mol. The molecule has 0 aromatic rings. The van der Waals surface area contributed by atoms with Crippen molar-refractivity contribution >= 4 is 5.97 Å². The summed E-state index contributed by atoms with van der Waals surface area (Å²) in [4.78, 5) is 10.6. The molecule has 1 atom stereocenters. The molecule has 0 rings (SSSR count). The van der Waals surface area contributed by atoms with Crippen LogP contribution in [0.2, 0.25) is 0 Å². The Morgan fingerprint density at radius 2 is 1.58 bits per heavy atom. The molecule has 0 spiro atoms. The van der Waals surface area contributed by atoms with E-state index in [4.69, 9.17) is 5.11 Å². The molecule has 0 aliphatic heterocycles. The largest absolute Gasteiger partial charge is 0.478 e. The third-order valence-electron chi connectivity index (χ3n) is 3.42. The Hall–Kier alpha value is -0.830. The van der Waals surface area contributed by atoms with Crippen molar-refractivity contribution in [3.05, 3.63) is 11.6 Å². The van der Waals surface area contributed by atoms with Gasteiger partial charge in [-0.15, -0.1) is 0 Å². The molecule has 0 aromatic carbocycles. The minimum absolute atomic E-state index is 0.315. The molecule has 0 aliphatic carbocycles. The van der Waals surface area contributed by atoms with Gasteiger partial charge in [0.15, 0.2) is 0 Å². The van der Waals surface area contributed by atoms with Crippen LogP contribution in [0.4, 0.5) is 0 Å². The van der Waals surface area contributed by atoms with E-state index in [1.165, 1.54) is 44.9 Å². The number of rotatable bonds is 12. The van der Waals surface area contributed by atoms with E-state index >= 15 is 0 Å². The van der Waals surface area contributed by atoms with Crippen LogP contribution in [0.25, 0.3) is 0 Å². The minimum atomic E-state index is -0.903. The highest BCUT2D eigenvalue weighted by molar-refractivity contribution is 5.85. The molecule has 0 bridgehead atoms. The van der Waals surface area contributed by atoms with E-state index in [0.29, 0.717) is 12.0 Å². The van der Waals surface area contributed by atoms with E-state index in [1.807, 2.05) is 0 Å². The van der Waals surface area contributed by atoms with Gasteiger partial charge in [-0.1, -0.05) is 64.4 Å². The average molecular weight is 270 g/mol. The van der Waals surface area contributed by atoms with Gasteiger partial charge in [0.05, 0.1) is 6.10 Å². The lowest BCUT2D eigenvalue weighted by molar-refractivity contribution is -0.132. The lowest BCUT2D eigenvalue weighted by atomic mass is 10.0. The van der Waals surface area contributed by atoms with Crippen LogP contribution >= 0.6 is 0 Å². The van der Waals surface area contributed by atoms with Crippen molar-refractivity contribution in [3.8, 4) is 0 Å². The van der Waals surface area contributed by atoms with Gasteiger partial charge in [0.1, 0.15) is 0 Å². The fraction of sp³-hybridized carbons (Fsp3) is 0.812. The number of hydrogen-bond donors (Lipinski definition) is 2. The van der Waals surface area contributed by atoms with Gasteiger partial charge in [-0.3, -0.25) is 0 Å². The fourth-order valence-corrected chi connectivity index (χ4v) is 2.03. The van der Waals surface area contributed by atoms with Crippen LogP contribution in [0.5, 0.6) is 0 Å². The van der Waals surface area contributed by atoms with E-state index in [-0.39, 0.29) is 0 Å². The number of carbonyl (C=O) groups is 1. The van der Waals surface area contributed by atoms with Crippen LogP contribution in [0.3, 0.4) is 0 Å². The third-order valence-corrected chi connectivity index (χ3v) is 3.42. The highest BCUT2D eigenvalue weighted by Gasteiger charge is 2.04. The van der Waals surface area contributed by atoms with Crippen molar-refractivity contribution in [2.45, 2.75) is 84.2 Å². The van der Waals surface area contributed by atoms with Crippen LogP contribution in [-0.4, -0.2) is 22.3 Å². The summed E-state index contributed by atoms with van der Waals surface area (Å²) in [6.45, 7) is 3.78. The Labute approximate surface area is 117 Å². The average Bonchev–Trinajstić information content (AvgIpc) is 2.38. The fourth-order valence-electron chi connectivity index (χ4n) is 2.03. The zero-order chi connectivity index (χ0) is 14.5. The molecule has 112 valence electrons. The second-order valence-electron chi connectivity index (χ2n) is 5.35. The zero-order valence-corrected chi connectivity index (χ0v) is 12.5. The van der Waals surface area contributed by atoms with Gasteiger partial charge in [-0.25, -0.2) is 4.79 Å². The number of carboxylic acids is 1. The van der Waals surface area contributed by atoms with Gasteiger partial charge in [-0.2, -0.15) is 0 Å². The second kappa shape index (κ2) is 12.2. The number of aliphatic carboxylic acids is 1. The van der Waals surface area contributed by atoms with Crippen LogP contribution in [0, 0.1) is 0 Å². The second-order valence-corrected chi connectivity index (χ2v) is 5.35. The van der Waals surface area contributed by atoms with E-state index in [2.05, 4.69) is 6.92 Å². The molecule has 3 nitrogen and oxygen atoms in total. The van der Waals surface area contributed by atoms with E-state index in [1.54, 1.807) is 13.0 Å². The first-order valence-electron chi connectivity index (χ1n) is 7.66. The molecule has 19 heavy (non-hydrogen) atoms. The summed E-state index contributed by atoms with van der Waals surface area (Å²) >= 11 is 0. The summed E-state index contributed by atoms with van der Waals surface area (Å²) < 4.78 is 0. The summed E-state index contributed by atoms with van der Waals surface area (Å²) in [6, 6.07) is 0. The van der Waals surface area contributed by atoms with Gasteiger partial charge in [0.25, 0.3) is 0 Å². The summed E-state index contributed by atoms with van der Waals surface area (Å²) in [5.74, 6) is -0.903. The number of aliphatic hydroxyl groups excluding tert-OH is 1. The number of hydrogen-bond acceptors (Lipinski definition) is 2. The molecule has 0 heterocycles. The summed E-state index contributed by atoms with van der Waals surface area (Å²) in [5.41, 5.74) is 0.315. The van der Waals surface area contributed by atoms with Crippen LogP contribution < -0.4 is 0 Å². The molecule has 0 saturated carbocycles. The summed E-state index contributed by atoms with van der Waals surface area (Å²) in [5, 5.41) is 18.4. The Kier molecular flexibility index (Phi) is 11.7. The third kappa shape index (κ3) is 12.0. The zero-order valence-electron chi connectivity index (χ0n) is 12.5. The van der Waals surface area contributed by atoms with E-state index in [9.17, 15) is 9.90 Å². The smallest absolute Gasteiger partial charge is 0.330 e. The normalized spacial score (nSPS) is 13.5. The molecule has 0 fully saturated rings. The van der Waals surface area contributed by atoms with Crippen molar-refractivity contribution in [2.75, 3.05) is 0 Å². The van der Waals surface area contributed by atoms with E-state index in [0.717, 1.165) is 12.8 Å². The first-order chi connectivity index (χ1) is 9.07. The molecule has 1 unspecified atom stereocenters. The Bertz CT molecular complexity index is 259. The van der Waals surface area contributed by atoms with Gasteiger partial charge < -0.3 is 10.2 Å². The molecule has 2 N–H and O–H groups in total. The predicted octanol–water partition coefficient (Wildman–Crippen LogP) is 4.30. The highest BCUT2D eigenvalue weighted by Crippen LogP contribution is 2.12. The number of carboxylic acid groups (broad SMARTS) is 1. The van der Waals surface area contributed by atoms with Crippen molar-refractivity contribution in [3.63, 3.8) is 0 Å². The molecular formula is C16H30O3. The summed E-state index contributed by atoms with van der Waals surface area (Å²) in [7, 11) is 0. The maximum absolute atomic E-state index is 10.6. The van der Waals surface area contributed by atoms with Gasteiger partial charge in [-0.05, 0) is 19.8 Å². The number of aliphatic hydroxyl groups is 1. The Morgan fingerprint density at radius 3 is 2.11 bits per heavy atom. The lowest BCUT2D eigenvalue weighted by Crippen LogP contribution is -2.06. The molecule has 0 aliphatic rings. The van der Waals surface area contributed by atoms with Crippen molar-refractivity contribution < 1.29 is 15.0 Å². The molecule has 0 aromatic heterocycles. The maximum Gasteiger partial charge on any atom is 0.330 e. The maximum atomic E-state index is 10.6. The Morgan fingerprint density at radius 1 is 1.05 bits per heavy atom. The highest BCUT2D eigenvalue weighted by atomic mass is 16.4. The Balaban J connectivity index is 3.41. The van der Waals surface area contributed by atoms with Gasteiger partial charge >= 0.3 is 5.97 Å². The predicted molar refractivity (Wildman–Crippen MR) is 79.2 cm³/mol. The van der Waals surface area contributed by atoms with E-state index < -0.39 is 12.1 Å². The molecule has 3 heteroatoms. The minimum Gasteiger partial charge on any atom is -0.478 e. The SMILES string of the molecule is CCCCCCCCCCC(O)CC=C(C)C(=O)O. The molecule has 0 amide bonds. The van der Waals surface area contributed by atoms with Crippen molar-refractivity contribution in [1.82, 2.24) is 0 Å². The first-order valence-corrected chi connectivity index (χ1v) is 7.66. The first kappa shape index (κ1) is 18.2. The van der Waals surface area contributed by atoms with Crippen LogP contribution in [0.1, 0.15) is 78.1 Å².